The van der Waals surface area contributed by atoms with E-state index in [1.807, 2.05) is 0 Å². The Kier molecular flexibility index (Phi) is 12.0. The fourth-order valence-electron chi connectivity index (χ4n) is 1.98. The second kappa shape index (κ2) is 12.7. The Labute approximate surface area is 131 Å². The summed E-state index contributed by atoms with van der Waals surface area (Å²) in [4.78, 5) is 10.6. The van der Waals surface area contributed by atoms with Crippen LogP contribution in [-0.2, 0) is 9.53 Å². The third kappa shape index (κ3) is 18.9. The molecule has 0 aromatic carbocycles. The van der Waals surface area contributed by atoms with Gasteiger partial charge in [0.2, 0.25) is 0 Å². The SMILES string of the molecule is CC(=O)OCCCCCCCCC/C=C\C=C\C(C)(C)C. The van der Waals surface area contributed by atoms with Gasteiger partial charge in [-0.1, -0.05) is 77.2 Å². The molecule has 122 valence electrons. The molecule has 0 aromatic rings. The summed E-state index contributed by atoms with van der Waals surface area (Å²) in [6, 6.07) is 0. The fourth-order valence-corrected chi connectivity index (χ4v) is 1.98. The Morgan fingerprint density at radius 3 is 2.05 bits per heavy atom. The van der Waals surface area contributed by atoms with Gasteiger partial charge < -0.3 is 4.74 Å². The second-order valence-corrected chi connectivity index (χ2v) is 6.76. The van der Waals surface area contributed by atoms with Crippen molar-refractivity contribution in [3.63, 3.8) is 0 Å². The molecule has 2 heteroatoms. The zero-order chi connectivity index (χ0) is 16.0. The average molecular weight is 294 g/mol. The van der Waals surface area contributed by atoms with Crippen molar-refractivity contribution in [2.24, 2.45) is 5.41 Å². The zero-order valence-corrected chi connectivity index (χ0v) is 14.5. The fraction of sp³-hybridized carbons (Fsp3) is 0.737. The predicted molar refractivity (Wildman–Crippen MR) is 91.3 cm³/mol. The van der Waals surface area contributed by atoms with Gasteiger partial charge in [0, 0.05) is 6.92 Å². The molecule has 2 nitrogen and oxygen atoms in total. The molecule has 0 aliphatic heterocycles. The number of allylic oxidation sites excluding steroid dienone is 4. The third-order valence-electron chi connectivity index (χ3n) is 3.16. The van der Waals surface area contributed by atoms with Gasteiger partial charge in [-0.15, -0.1) is 0 Å². The summed E-state index contributed by atoms with van der Waals surface area (Å²) in [6.45, 7) is 8.69. The van der Waals surface area contributed by atoms with Crippen LogP contribution in [0.2, 0.25) is 0 Å². The van der Waals surface area contributed by atoms with Crippen LogP contribution in [0.1, 0.15) is 79.1 Å². The lowest BCUT2D eigenvalue weighted by Crippen LogP contribution is -1.99. The van der Waals surface area contributed by atoms with Crippen LogP contribution in [0.4, 0.5) is 0 Å². The van der Waals surface area contributed by atoms with Crippen LogP contribution >= 0.6 is 0 Å². The Hall–Kier alpha value is -1.05. The highest BCUT2D eigenvalue weighted by atomic mass is 16.5. The Morgan fingerprint density at radius 1 is 0.905 bits per heavy atom. The van der Waals surface area contributed by atoms with Gasteiger partial charge in [0.05, 0.1) is 6.61 Å². The van der Waals surface area contributed by atoms with Gasteiger partial charge in [0.15, 0.2) is 0 Å². The van der Waals surface area contributed by atoms with Gasteiger partial charge in [-0.3, -0.25) is 4.79 Å². The van der Waals surface area contributed by atoms with Crippen molar-refractivity contribution in [2.75, 3.05) is 6.61 Å². The van der Waals surface area contributed by atoms with E-state index in [9.17, 15) is 4.79 Å². The molecule has 0 amide bonds. The molecule has 0 bridgehead atoms. The van der Waals surface area contributed by atoms with E-state index in [2.05, 4.69) is 45.1 Å². The average Bonchev–Trinajstić information content (AvgIpc) is 2.37. The van der Waals surface area contributed by atoms with E-state index in [1.54, 1.807) is 0 Å². The molecule has 0 aliphatic carbocycles. The van der Waals surface area contributed by atoms with E-state index in [4.69, 9.17) is 4.74 Å². The molecule has 0 saturated heterocycles. The van der Waals surface area contributed by atoms with E-state index >= 15 is 0 Å². The van der Waals surface area contributed by atoms with Gasteiger partial charge in [-0.25, -0.2) is 0 Å². The highest BCUT2D eigenvalue weighted by Crippen LogP contribution is 2.14. The van der Waals surface area contributed by atoms with Crippen LogP contribution in [-0.4, -0.2) is 12.6 Å². The number of ether oxygens (including phenoxy) is 1. The number of rotatable bonds is 11. The standard InChI is InChI=1S/C19H34O2/c1-18(20)21-17-15-13-11-9-7-5-6-8-10-12-14-16-19(2,3)4/h10,12,14,16H,5-9,11,13,15,17H2,1-4H3/b12-10-,16-14+. The number of hydrogen-bond donors (Lipinski definition) is 0. The molecular weight excluding hydrogens is 260 g/mol. The highest BCUT2D eigenvalue weighted by molar-refractivity contribution is 5.65. The zero-order valence-electron chi connectivity index (χ0n) is 14.5. The first-order valence-electron chi connectivity index (χ1n) is 8.39. The molecular formula is C19H34O2. The first kappa shape index (κ1) is 19.9. The van der Waals surface area contributed by atoms with Crippen molar-refractivity contribution in [3.8, 4) is 0 Å². The van der Waals surface area contributed by atoms with Gasteiger partial charge in [-0.2, -0.15) is 0 Å². The quantitative estimate of drug-likeness (QED) is 0.272. The summed E-state index contributed by atoms with van der Waals surface area (Å²) in [5, 5.41) is 0. The smallest absolute Gasteiger partial charge is 0.302 e. The van der Waals surface area contributed by atoms with Crippen molar-refractivity contribution in [3.05, 3.63) is 24.3 Å². The van der Waals surface area contributed by atoms with E-state index in [0.717, 1.165) is 6.42 Å². The van der Waals surface area contributed by atoms with Crippen LogP contribution in [0.15, 0.2) is 24.3 Å². The first-order valence-corrected chi connectivity index (χ1v) is 8.39. The maximum Gasteiger partial charge on any atom is 0.302 e. The molecule has 21 heavy (non-hydrogen) atoms. The summed E-state index contributed by atoms with van der Waals surface area (Å²) in [5.74, 6) is -0.166. The molecule has 0 N–H and O–H groups in total. The van der Waals surface area contributed by atoms with Crippen molar-refractivity contribution in [1.82, 2.24) is 0 Å². The largest absolute Gasteiger partial charge is 0.466 e. The minimum absolute atomic E-state index is 0.166. The monoisotopic (exact) mass is 294 g/mol. The molecule has 0 atom stereocenters. The van der Waals surface area contributed by atoms with Crippen molar-refractivity contribution in [2.45, 2.75) is 79.1 Å². The van der Waals surface area contributed by atoms with Gasteiger partial charge >= 0.3 is 5.97 Å². The third-order valence-corrected chi connectivity index (χ3v) is 3.16. The van der Waals surface area contributed by atoms with Crippen molar-refractivity contribution >= 4 is 5.97 Å². The minimum Gasteiger partial charge on any atom is -0.466 e. The number of carbonyl (C=O) groups excluding carboxylic acids is 1. The maximum absolute atomic E-state index is 10.6. The van der Waals surface area contributed by atoms with Crippen molar-refractivity contribution < 1.29 is 9.53 Å². The first-order chi connectivity index (χ1) is 9.92. The van der Waals surface area contributed by atoms with Crippen LogP contribution < -0.4 is 0 Å². The lowest BCUT2D eigenvalue weighted by atomic mass is 9.96. The van der Waals surface area contributed by atoms with E-state index in [-0.39, 0.29) is 11.4 Å². The van der Waals surface area contributed by atoms with Gasteiger partial charge in [-0.05, 0) is 24.7 Å². The molecule has 0 radical (unpaired) electrons. The Morgan fingerprint density at radius 2 is 1.48 bits per heavy atom. The number of hydrogen-bond acceptors (Lipinski definition) is 2. The molecule has 0 saturated carbocycles. The van der Waals surface area contributed by atoms with E-state index in [1.165, 1.54) is 51.9 Å². The molecule has 0 spiro atoms. The predicted octanol–water partition coefficient (Wildman–Crippen LogP) is 5.83. The van der Waals surface area contributed by atoms with Gasteiger partial charge in [0.1, 0.15) is 0 Å². The minimum atomic E-state index is -0.166. The Bertz CT molecular complexity index is 308. The molecule has 0 fully saturated rings. The Balaban J connectivity index is 3.24. The summed E-state index contributed by atoms with van der Waals surface area (Å²) in [5.41, 5.74) is 0.278. The summed E-state index contributed by atoms with van der Waals surface area (Å²) in [7, 11) is 0. The molecule has 0 aliphatic rings. The summed E-state index contributed by atoms with van der Waals surface area (Å²) >= 11 is 0. The van der Waals surface area contributed by atoms with E-state index in [0.29, 0.717) is 6.61 Å². The maximum atomic E-state index is 10.6. The summed E-state index contributed by atoms with van der Waals surface area (Å²) in [6.07, 6.45) is 18.7. The van der Waals surface area contributed by atoms with E-state index < -0.39 is 0 Å². The number of unbranched alkanes of at least 4 members (excludes halogenated alkanes) is 7. The lowest BCUT2D eigenvalue weighted by molar-refractivity contribution is -0.141. The lowest BCUT2D eigenvalue weighted by Gasteiger charge is -2.09. The molecule has 0 aromatic heterocycles. The normalized spacial score (nSPS) is 12.4. The van der Waals surface area contributed by atoms with Crippen LogP contribution in [0.5, 0.6) is 0 Å². The van der Waals surface area contributed by atoms with Crippen molar-refractivity contribution in [1.29, 1.82) is 0 Å². The van der Waals surface area contributed by atoms with Crippen LogP contribution in [0.3, 0.4) is 0 Å². The molecule has 0 unspecified atom stereocenters. The second-order valence-electron chi connectivity index (χ2n) is 6.76. The molecule has 0 rings (SSSR count). The summed E-state index contributed by atoms with van der Waals surface area (Å²) < 4.78 is 4.90. The molecule has 0 heterocycles. The highest BCUT2D eigenvalue weighted by Gasteiger charge is 2.01. The van der Waals surface area contributed by atoms with Crippen LogP contribution in [0, 0.1) is 5.41 Å². The number of esters is 1. The number of carbonyl (C=O) groups is 1. The topological polar surface area (TPSA) is 26.3 Å². The van der Waals surface area contributed by atoms with Gasteiger partial charge in [0.25, 0.3) is 0 Å². The van der Waals surface area contributed by atoms with Crippen LogP contribution in [0.25, 0.3) is 0 Å².